The topological polar surface area (TPSA) is 82.3 Å². The maximum Gasteiger partial charge on any atom is 0.310 e. The summed E-state index contributed by atoms with van der Waals surface area (Å²) in [6.45, 7) is 1.41. The molecule has 1 heterocycles. The van der Waals surface area contributed by atoms with Gasteiger partial charge in [0, 0.05) is 11.3 Å². The first-order valence-corrected chi connectivity index (χ1v) is 4.86. The number of aryl methyl sites for hydroxylation is 1. The molecule has 0 atom stereocenters. The summed E-state index contributed by atoms with van der Waals surface area (Å²) in [5, 5.41) is 10.8. The molecule has 0 bridgehead atoms. The fourth-order valence-electron chi connectivity index (χ4n) is 1.49. The van der Waals surface area contributed by atoms with Crippen LogP contribution in [0.15, 0.2) is 6.07 Å². The zero-order chi connectivity index (χ0) is 13.9. The predicted molar refractivity (Wildman–Crippen MR) is 56.3 cm³/mol. The van der Waals surface area contributed by atoms with E-state index in [2.05, 4.69) is 9.72 Å². The van der Waals surface area contributed by atoms with Gasteiger partial charge in [-0.05, 0) is 13.0 Å². The van der Waals surface area contributed by atoms with Gasteiger partial charge in [0.15, 0.2) is 5.69 Å². The second kappa shape index (κ2) is 5.48. The summed E-state index contributed by atoms with van der Waals surface area (Å²) in [6, 6.07) is 1.22. The number of nitro groups is 1. The lowest BCUT2D eigenvalue weighted by molar-refractivity contribution is -0.387. The molecule has 0 spiro atoms. The number of esters is 1. The van der Waals surface area contributed by atoms with Crippen LogP contribution in [-0.2, 0) is 16.0 Å². The van der Waals surface area contributed by atoms with Gasteiger partial charge >= 0.3 is 5.97 Å². The van der Waals surface area contributed by atoms with Gasteiger partial charge in [0.25, 0.3) is 12.1 Å². The van der Waals surface area contributed by atoms with Crippen LogP contribution in [-0.4, -0.2) is 23.0 Å². The van der Waals surface area contributed by atoms with Gasteiger partial charge < -0.3 is 4.74 Å². The molecule has 0 amide bonds. The first kappa shape index (κ1) is 13.9. The molecule has 0 aliphatic rings. The van der Waals surface area contributed by atoms with Crippen LogP contribution in [0.2, 0.25) is 0 Å². The summed E-state index contributed by atoms with van der Waals surface area (Å²) in [4.78, 5) is 24.4. The normalized spacial score (nSPS) is 10.5. The molecule has 1 aromatic heterocycles. The van der Waals surface area contributed by atoms with Crippen molar-refractivity contribution in [3.8, 4) is 0 Å². The van der Waals surface area contributed by atoms with E-state index in [0.717, 1.165) is 7.11 Å². The maximum atomic E-state index is 12.7. The summed E-state index contributed by atoms with van der Waals surface area (Å²) in [5.74, 6) is -0.746. The fraction of sp³-hybridized carbons (Fsp3) is 0.400. The lowest BCUT2D eigenvalue weighted by atomic mass is 10.1. The summed E-state index contributed by atoms with van der Waals surface area (Å²) < 4.78 is 29.7. The average molecular weight is 260 g/mol. The molecule has 0 aromatic carbocycles. The SMILES string of the molecule is COC(=O)Cc1cc(C)nc(C(F)F)c1[N+](=O)[O-]. The first-order valence-electron chi connectivity index (χ1n) is 4.86. The standard InChI is InChI=1S/C10H10F2N2O4/c1-5-3-6(4-7(15)18-2)9(14(16)17)8(13-5)10(11)12/h3,10H,4H2,1-2H3. The highest BCUT2D eigenvalue weighted by atomic mass is 19.3. The zero-order valence-electron chi connectivity index (χ0n) is 9.65. The Bertz CT molecular complexity index is 491. The number of methoxy groups -OCH3 is 1. The molecule has 0 radical (unpaired) electrons. The van der Waals surface area contributed by atoms with Gasteiger partial charge in [0.1, 0.15) is 0 Å². The number of pyridine rings is 1. The number of carbonyl (C=O) groups excluding carboxylic acids is 1. The molecule has 0 N–H and O–H groups in total. The van der Waals surface area contributed by atoms with Crippen molar-refractivity contribution in [1.29, 1.82) is 0 Å². The lowest BCUT2D eigenvalue weighted by Crippen LogP contribution is -2.10. The van der Waals surface area contributed by atoms with E-state index in [1.165, 1.54) is 13.0 Å². The highest BCUT2D eigenvalue weighted by molar-refractivity contribution is 5.74. The Morgan fingerprint density at radius 1 is 1.61 bits per heavy atom. The average Bonchev–Trinajstić information content (AvgIpc) is 2.27. The number of hydrogen-bond acceptors (Lipinski definition) is 5. The first-order chi connectivity index (χ1) is 8.36. The molecule has 0 fully saturated rings. The molecule has 18 heavy (non-hydrogen) atoms. The van der Waals surface area contributed by atoms with Crippen LogP contribution in [0.3, 0.4) is 0 Å². The molecule has 0 aliphatic heterocycles. The van der Waals surface area contributed by atoms with Gasteiger partial charge in [0.2, 0.25) is 0 Å². The minimum absolute atomic E-state index is 0.130. The minimum atomic E-state index is -3.08. The highest BCUT2D eigenvalue weighted by Crippen LogP contribution is 2.31. The summed E-state index contributed by atoms with van der Waals surface area (Å²) in [5.41, 5.74) is -1.72. The van der Waals surface area contributed by atoms with E-state index in [0.29, 0.717) is 0 Å². The Hall–Kier alpha value is -2.12. The molecule has 8 heteroatoms. The summed E-state index contributed by atoms with van der Waals surface area (Å²) in [7, 11) is 1.11. The van der Waals surface area contributed by atoms with E-state index < -0.39 is 35.1 Å². The minimum Gasteiger partial charge on any atom is -0.469 e. The number of halogens is 2. The summed E-state index contributed by atoms with van der Waals surface area (Å²) >= 11 is 0. The van der Waals surface area contributed by atoms with Crippen molar-refractivity contribution < 1.29 is 23.2 Å². The van der Waals surface area contributed by atoms with Crippen molar-refractivity contribution in [2.45, 2.75) is 19.8 Å². The van der Waals surface area contributed by atoms with Gasteiger partial charge in [-0.1, -0.05) is 0 Å². The number of ether oxygens (including phenoxy) is 1. The van der Waals surface area contributed by atoms with E-state index in [4.69, 9.17) is 0 Å². The Kier molecular flexibility index (Phi) is 4.24. The van der Waals surface area contributed by atoms with E-state index in [1.807, 2.05) is 0 Å². The monoisotopic (exact) mass is 260 g/mol. The van der Waals surface area contributed by atoms with E-state index in [1.54, 1.807) is 0 Å². The van der Waals surface area contributed by atoms with Crippen LogP contribution in [0.5, 0.6) is 0 Å². The quantitative estimate of drug-likeness (QED) is 0.469. The van der Waals surface area contributed by atoms with Crippen molar-refractivity contribution in [3.05, 3.63) is 33.1 Å². The second-order valence-corrected chi connectivity index (χ2v) is 3.47. The van der Waals surface area contributed by atoms with Crippen LogP contribution in [0.1, 0.15) is 23.4 Å². The van der Waals surface area contributed by atoms with E-state index in [-0.39, 0.29) is 11.3 Å². The van der Waals surface area contributed by atoms with E-state index >= 15 is 0 Å². The molecule has 1 rings (SSSR count). The molecule has 98 valence electrons. The van der Waals surface area contributed by atoms with Crippen LogP contribution in [0.4, 0.5) is 14.5 Å². The van der Waals surface area contributed by atoms with Gasteiger partial charge in [0.05, 0.1) is 18.5 Å². The number of aromatic nitrogens is 1. The maximum absolute atomic E-state index is 12.7. The fourth-order valence-corrected chi connectivity index (χ4v) is 1.49. The highest BCUT2D eigenvalue weighted by Gasteiger charge is 2.29. The van der Waals surface area contributed by atoms with E-state index in [9.17, 15) is 23.7 Å². The number of rotatable bonds is 4. The number of hydrogen-bond donors (Lipinski definition) is 0. The molecular formula is C10H10F2N2O4. The molecular weight excluding hydrogens is 250 g/mol. The van der Waals surface area contributed by atoms with Gasteiger partial charge in [-0.25, -0.2) is 13.8 Å². The number of nitrogens with zero attached hydrogens (tertiary/aromatic N) is 2. The second-order valence-electron chi connectivity index (χ2n) is 3.47. The Labute approximate surface area is 101 Å². The lowest BCUT2D eigenvalue weighted by Gasteiger charge is -2.07. The summed E-state index contributed by atoms with van der Waals surface area (Å²) in [6.07, 6.45) is -3.53. The molecule has 0 unspecified atom stereocenters. The van der Waals surface area contributed by atoms with Crippen LogP contribution < -0.4 is 0 Å². The predicted octanol–water partition coefficient (Wildman–Crippen LogP) is 1.95. The molecule has 6 nitrogen and oxygen atoms in total. The van der Waals surface area contributed by atoms with Gasteiger partial charge in [-0.2, -0.15) is 0 Å². The van der Waals surface area contributed by atoms with Gasteiger partial charge in [-0.15, -0.1) is 0 Å². The Morgan fingerprint density at radius 2 is 2.22 bits per heavy atom. The third-order valence-electron chi connectivity index (χ3n) is 2.18. The third-order valence-corrected chi connectivity index (χ3v) is 2.18. The zero-order valence-corrected chi connectivity index (χ0v) is 9.65. The Balaban J connectivity index is 3.38. The van der Waals surface area contributed by atoms with Crippen molar-refractivity contribution >= 4 is 11.7 Å². The molecule has 0 saturated heterocycles. The van der Waals surface area contributed by atoms with Crippen LogP contribution >= 0.6 is 0 Å². The Morgan fingerprint density at radius 3 is 2.67 bits per heavy atom. The van der Waals surface area contributed by atoms with Crippen molar-refractivity contribution in [2.75, 3.05) is 7.11 Å². The number of carbonyl (C=O) groups is 1. The van der Waals surface area contributed by atoms with Crippen molar-refractivity contribution in [1.82, 2.24) is 4.98 Å². The van der Waals surface area contributed by atoms with Crippen molar-refractivity contribution in [2.24, 2.45) is 0 Å². The molecule has 0 saturated carbocycles. The van der Waals surface area contributed by atoms with Crippen LogP contribution in [0.25, 0.3) is 0 Å². The third kappa shape index (κ3) is 2.96. The van der Waals surface area contributed by atoms with Gasteiger partial charge in [-0.3, -0.25) is 14.9 Å². The smallest absolute Gasteiger partial charge is 0.310 e. The largest absolute Gasteiger partial charge is 0.469 e. The van der Waals surface area contributed by atoms with Crippen molar-refractivity contribution in [3.63, 3.8) is 0 Å². The number of alkyl halides is 2. The molecule has 1 aromatic rings. The van der Waals surface area contributed by atoms with Crippen LogP contribution in [0, 0.1) is 17.0 Å². The molecule has 0 aliphatic carbocycles.